The second kappa shape index (κ2) is 9.51. The molecule has 0 amide bonds. The number of nitrogens with zero attached hydrogens (tertiary/aromatic N) is 3. The van der Waals surface area contributed by atoms with Crippen LogP contribution in [0.5, 0.6) is 11.5 Å². The second-order valence-corrected chi connectivity index (χ2v) is 10.2. The zero-order valence-corrected chi connectivity index (χ0v) is 21.6. The topological polar surface area (TPSA) is 62.1 Å². The summed E-state index contributed by atoms with van der Waals surface area (Å²) in [6.07, 6.45) is 6.03. The smallest absolute Gasteiger partial charge is 0.162 e. The van der Waals surface area contributed by atoms with Crippen LogP contribution in [-0.2, 0) is 32.7 Å². The summed E-state index contributed by atoms with van der Waals surface area (Å²) in [4.78, 5) is 2.55. The number of aliphatic hydroxyl groups is 1. The average Bonchev–Trinajstić information content (AvgIpc) is 3.61. The number of hydrazine groups is 1. The lowest BCUT2D eigenvalue weighted by molar-refractivity contribution is 0.145. The molecule has 7 nitrogen and oxygen atoms in total. The van der Waals surface area contributed by atoms with Crippen LogP contribution >= 0.6 is 0 Å². The molecular formula is C31H32N4O3. The van der Waals surface area contributed by atoms with Crippen LogP contribution in [0.3, 0.4) is 0 Å². The minimum atomic E-state index is 0.00630. The van der Waals surface area contributed by atoms with Crippen molar-refractivity contribution in [2.75, 3.05) is 25.2 Å². The first-order chi connectivity index (χ1) is 18.7. The molecular weight excluding hydrogens is 476 g/mol. The number of rotatable bonds is 6. The minimum absolute atomic E-state index is 0.00630. The van der Waals surface area contributed by atoms with Gasteiger partial charge in [0.15, 0.2) is 11.5 Å². The van der Waals surface area contributed by atoms with E-state index in [9.17, 15) is 5.11 Å². The molecule has 0 saturated carbocycles. The van der Waals surface area contributed by atoms with Crippen molar-refractivity contribution in [2.45, 2.75) is 38.8 Å². The lowest BCUT2D eigenvalue weighted by atomic mass is 9.85. The molecule has 0 radical (unpaired) electrons. The number of ether oxygens (including phenoxy) is 2. The van der Waals surface area contributed by atoms with E-state index >= 15 is 0 Å². The molecule has 2 N–H and O–H groups in total. The van der Waals surface area contributed by atoms with Crippen LogP contribution in [0.15, 0.2) is 72.9 Å². The molecule has 0 fully saturated rings. The molecule has 1 unspecified atom stereocenters. The molecule has 0 bridgehead atoms. The molecule has 3 aliphatic heterocycles. The van der Waals surface area contributed by atoms with Crippen LogP contribution in [-0.4, -0.2) is 34.8 Å². The highest BCUT2D eigenvalue weighted by molar-refractivity contribution is 5.86. The largest absolute Gasteiger partial charge is 0.493 e. The standard InChI is InChI=1S/C31H32N4O3/c1-37-30-15-22-11-14-33-18-29-26(24-5-2-3-6-27(24)34(29)20-36)16-28(33)25(22)17-31(30)38-19-21-7-9-23(10-8-21)35-13-4-12-32-35/h2-10,13,15,17,28,32,36H,11-12,14,16,18-20H2,1H3. The molecule has 0 spiro atoms. The molecule has 1 aromatic heterocycles. The maximum Gasteiger partial charge on any atom is 0.162 e. The number of fused-ring (bicyclic) bond motifs is 6. The summed E-state index contributed by atoms with van der Waals surface area (Å²) in [5.74, 6) is 1.57. The Balaban J connectivity index is 1.17. The van der Waals surface area contributed by atoms with Gasteiger partial charge in [0.1, 0.15) is 13.3 Å². The van der Waals surface area contributed by atoms with Gasteiger partial charge < -0.3 is 19.1 Å². The SMILES string of the molecule is COc1cc2c(cc1OCc1ccc(N3C=CCN3)cc1)C1Cc3c(n(CO)c4ccccc34)CN1CC2. The van der Waals surface area contributed by atoms with Crippen LogP contribution < -0.4 is 19.9 Å². The molecule has 4 heterocycles. The number of anilines is 1. The van der Waals surface area contributed by atoms with Gasteiger partial charge in [0.05, 0.1) is 18.3 Å². The Labute approximate surface area is 222 Å². The Kier molecular flexibility index (Phi) is 5.84. The lowest BCUT2D eigenvalue weighted by Gasteiger charge is -2.41. The number of methoxy groups -OCH3 is 1. The van der Waals surface area contributed by atoms with E-state index in [-0.39, 0.29) is 12.8 Å². The number of aliphatic hydroxyl groups excluding tert-OH is 1. The third-order valence-corrected chi connectivity index (χ3v) is 8.22. The van der Waals surface area contributed by atoms with Gasteiger partial charge in [-0.25, -0.2) is 5.43 Å². The fraction of sp³-hybridized carbons (Fsp3) is 0.290. The predicted molar refractivity (Wildman–Crippen MR) is 148 cm³/mol. The molecule has 38 heavy (non-hydrogen) atoms. The maximum atomic E-state index is 10.2. The quantitative estimate of drug-likeness (QED) is 0.395. The third-order valence-electron chi connectivity index (χ3n) is 8.22. The number of para-hydroxylation sites is 1. The highest BCUT2D eigenvalue weighted by atomic mass is 16.5. The summed E-state index contributed by atoms with van der Waals surface area (Å²) in [5.41, 5.74) is 11.9. The summed E-state index contributed by atoms with van der Waals surface area (Å²) in [5, 5.41) is 13.4. The first-order valence-corrected chi connectivity index (χ1v) is 13.3. The van der Waals surface area contributed by atoms with E-state index in [1.54, 1.807) is 7.11 Å². The molecule has 1 atom stereocenters. The van der Waals surface area contributed by atoms with Crippen LogP contribution in [0.1, 0.15) is 34.0 Å². The summed E-state index contributed by atoms with van der Waals surface area (Å²) >= 11 is 0. The van der Waals surface area contributed by atoms with E-state index in [1.807, 2.05) is 17.3 Å². The summed E-state index contributed by atoms with van der Waals surface area (Å²) in [6, 6.07) is 21.5. The molecule has 4 aromatic rings. The van der Waals surface area contributed by atoms with Gasteiger partial charge in [-0.3, -0.25) is 9.91 Å². The van der Waals surface area contributed by atoms with Crippen LogP contribution in [0.25, 0.3) is 10.9 Å². The van der Waals surface area contributed by atoms with E-state index in [0.717, 1.165) is 60.7 Å². The van der Waals surface area contributed by atoms with E-state index < -0.39 is 0 Å². The highest BCUT2D eigenvalue weighted by Crippen LogP contribution is 2.44. The van der Waals surface area contributed by atoms with Crippen molar-refractivity contribution in [2.24, 2.45) is 0 Å². The lowest BCUT2D eigenvalue weighted by Crippen LogP contribution is -2.39. The Hall–Kier alpha value is -3.78. The van der Waals surface area contributed by atoms with Crippen molar-refractivity contribution in [3.8, 4) is 11.5 Å². The summed E-state index contributed by atoms with van der Waals surface area (Å²) in [6.45, 7) is 3.16. The van der Waals surface area contributed by atoms with Gasteiger partial charge in [0.2, 0.25) is 0 Å². The molecule has 3 aromatic carbocycles. The number of nitrogens with one attached hydrogen (secondary N) is 1. The number of hydrogen-bond donors (Lipinski definition) is 2. The van der Waals surface area contributed by atoms with Crippen LogP contribution in [0, 0.1) is 0 Å². The van der Waals surface area contributed by atoms with Crippen molar-refractivity contribution in [1.29, 1.82) is 0 Å². The normalized spacial score (nSPS) is 18.4. The number of hydrogen-bond acceptors (Lipinski definition) is 6. The van der Waals surface area contributed by atoms with E-state index in [4.69, 9.17) is 9.47 Å². The Bertz CT molecular complexity index is 1520. The van der Waals surface area contributed by atoms with E-state index in [1.165, 1.54) is 27.8 Å². The zero-order valence-electron chi connectivity index (χ0n) is 21.6. The van der Waals surface area contributed by atoms with Crippen molar-refractivity contribution < 1.29 is 14.6 Å². The molecule has 0 saturated heterocycles. The minimum Gasteiger partial charge on any atom is -0.493 e. The van der Waals surface area contributed by atoms with E-state index in [2.05, 4.69) is 75.6 Å². The van der Waals surface area contributed by atoms with Crippen LogP contribution in [0.4, 0.5) is 5.69 Å². The summed E-state index contributed by atoms with van der Waals surface area (Å²) < 4.78 is 14.2. The third kappa shape index (κ3) is 3.86. The van der Waals surface area contributed by atoms with Crippen molar-refractivity contribution in [3.05, 3.63) is 101 Å². The Morgan fingerprint density at radius 3 is 2.71 bits per heavy atom. The van der Waals surface area contributed by atoms with Gasteiger partial charge in [-0.2, -0.15) is 0 Å². The number of benzene rings is 3. The highest BCUT2D eigenvalue weighted by Gasteiger charge is 2.35. The molecule has 7 heteroatoms. The molecule has 7 rings (SSSR count). The monoisotopic (exact) mass is 508 g/mol. The Morgan fingerprint density at radius 1 is 1.05 bits per heavy atom. The van der Waals surface area contributed by atoms with Gasteiger partial charge in [0, 0.05) is 43.0 Å². The summed E-state index contributed by atoms with van der Waals surface area (Å²) in [7, 11) is 1.71. The van der Waals surface area contributed by atoms with E-state index in [0.29, 0.717) is 6.61 Å². The zero-order chi connectivity index (χ0) is 25.6. The van der Waals surface area contributed by atoms with Gasteiger partial charge in [0.25, 0.3) is 0 Å². The van der Waals surface area contributed by atoms with Gasteiger partial charge in [-0.05, 0) is 65.4 Å². The van der Waals surface area contributed by atoms with Crippen molar-refractivity contribution in [1.82, 2.24) is 14.9 Å². The fourth-order valence-corrected chi connectivity index (χ4v) is 6.30. The van der Waals surface area contributed by atoms with Gasteiger partial charge in [-0.15, -0.1) is 0 Å². The molecule has 0 aliphatic carbocycles. The number of aromatic nitrogens is 1. The van der Waals surface area contributed by atoms with Crippen LogP contribution in [0.2, 0.25) is 0 Å². The maximum absolute atomic E-state index is 10.2. The van der Waals surface area contributed by atoms with Gasteiger partial charge >= 0.3 is 0 Å². The first-order valence-electron chi connectivity index (χ1n) is 13.3. The van der Waals surface area contributed by atoms with Gasteiger partial charge in [-0.1, -0.05) is 36.4 Å². The average molecular weight is 509 g/mol. The fourth-order valence-electron chi connectivity index (χ4n) is 6.30. The first kappa shape index (κ1) is 23.3. The predicted octanol–water partition coefficient (Wildman–Crippen LogP) is 4.67. The van der Waals surface area contributed by atoms with Crippen molar-refractivity contribution >= 4 is 16.6 Å². The second-order valence-electron chi connectivity index (χ2n) is 10.2. The van der Waals surface area contributed by atoms with Crippen molar-refractivity contribution in [3.63, 3.8) is 0 Å². The molecule has 3 aliphatic rings. The molecule has 194 valence electrons. The Morgan fingerprint density at radius 2 is 1.92 bits per heavy atom.